The van der Waals surface area contributed by atoms with Gasteiger partial charge in [0.2, 0.25) is 5.91 Å². The van der Waals surface area contributed by atoms with Crippen LogP contribution in [0.5, 0.6) is 0 Å². The van der Waals surface area contributed by atoms with Crippen LogP contribution in [0.1, 0.15) is 31.7 Å². The van der Waals surface area contributed by atoms with Crippen molar-refractivity contribution >= 4 is 28.2 Å². The SMILES string of the molecule is CCCC(N)C(=O)NCCCS(=O)(=O)Cc1ccccc1.Cl. The molecule has 126 valence electrons. The molecule has 0 aliphatic carbocycles. The van der Waals surface area contributed by atoms with E-state index < -0.39 is 15.9 Å². The number of sulfone groups is 1. The lowest BCUT2D eigenvalue weighted by Crippen LogP contribution is -2.41. The van der Waals surface area contributed by atoms with E-state index in [9.17, 15) is 13.2 Å². The van der Waals surface area contributed by atoms with Crippen LogP contribution in [0.25, 0.3) is 0 Å². The minimum Gasteiger partial charge on any atom is -0.355 e. The van der Waals surface area contributed by atoms with E-state index in [4.69, 9.17) is 5.73 Å². The zero-order chi connectivity index (χ0) is 15.7. The van der Waals surface area contributed by atoms with Crippen LogP contribution in [0.15, 0.2) is 30.3 Å². The molecule has 1 unspecified atom stereocenters. The van der Waals surface area contributed by atoms with E-state index in [1.807, 2.05) is 25.1 Å². The average molecular weight is 349 g/mol. The van der Waals surface area contributed by atoms with Crippen molar-refractivity contribution in [2.45, 2.75) is 38.0 Å². The Labute approximate surface area is 139 Å². The van der Waals surface area contributed by atoms with Gasteiger partial charge in [0, 0.05) is 6.54 Å². The monoisotopic (exact) mass is 348 g/mol. The maximum atomic E-state index is 11.9. The van der Waals surface area contributed by atoms with E-state index in [-0.39, 0.29) is 29.8 Å². The Morgan fingerprint density at radius 2 is 1.91 bits per heavy atom. The first-order valence-corrected chi connectivity index (χ1v) is 9.04. The molecule has 22 heavy (non-hydrogen) atoms. The molecule has 1 atom stereocenters. The van der Waals surface area contributed by atoms with Crippen molar-refractivity contribution in [2.75, 3.05) is 12.3 Å². The minimum atomic E-state index is -3.15. The van der Waals surface area contributed by atoms with Crippen LogP contribution in [-0.4, -0.2) is 32.7 Å². The second-order valence-corrected chi connectivity index (χ2v) is 7.30. The van der Waals surface area contributed by atoms with Gasteiger partial charge in [-0.2, -0.15) is 0 Å². The fraction of sp³-hybridized carbons (Fsp3) is 0.533. The molecular weight excluding hydrogens is 324 g/mol. The van der Waals surface area contributed by atoms with Crippen molar-refractivity contribution < 1.29 is 13.2 Å². The van der Waals surface area contributed by atoms with Gasteiger partial charge < -0.3 is 11.1 Å². The van der Waals surface area contributed by atoms with E-state index in [1.54, 1.807) is 12.1 Å². The molecular formula is C15H25ClN2O3S. The van der Waals surface area contributed by atoms with Crippen LogP contribution < -0.4 is 11.1 Å². The minimum absolute atomic E-state index is 0. The third-order valence-corrected chi connectivity index (χ3v) is 4.78. The first-order valence-electron chi connectivity index (χ1n) is 7.22. The smallest absolute Gasteiger partial charge is 0.236 e. The lowest BCUT2D eigenvalue weighted by atomic mass is 10.2. The largest absolute Gasteiger partial charge is 0.355 e. The highest BCUT2D eigenvalue weighted by molar-refractivity contribution is 7.90. The van der Waals surface area contributed by atoms with Gasteiger partial charge in [-0.1, -0.05) is 43.7 Å². The number of nitrogens with one attached hydrogen (secondary N) is 1. The van der Waals surface area contributed by atoms with E-state index in [1.165, 1.54) is 0 Å². The van der Waals surface area contributed by atoms with Gasteiger partial charge in [0.25, 0.3) is 0 Å². The molecule has 5 nitrogen and oxygen atoms in total. The number of hydrogen-bond acceptors (Lipinski definition) is 4. The third kappa shape index (κ3) is 8.36. The summed E-state index contributed by atoms with van der Waals surface area (Å²) in [5.74, 6) is -0.111. The lowest BCUT2D eigenvalue weighted by molar-refractivity contribution is -0.122. The maximum absolute atomic E-state index is 11.9. The summed E-state index contributed by atoms with van der Waals surface area (Å²) in [7, 11) is -3.15. The molecule has 0 saturated heterocycles. The second kappa shape index (κ2) is 10.6. The highest BCUT2D eigenvalue weighted by atomic mass is 35.5. The average Bonchev–Trinajstić information content (AvgIpc) is 2.44. The van der Waals surface area contributed by atoms with Crippen LogP contribution in [0.2, 0.25) is 0 Å². The fourth-order valence-corrected chi connectivity index (χ4v) is 3.41. The summed E-state index contributed by atoms with van der Waals surface area (Å²) in [4.78, 5) is 11.6. The molecule has 0 bridgehead atoms. The second-order valence-electron chi connectivity index (χ2n) is 5.12. The number of halogens is 1. The summed E-state index contributed by atoms with van der Waals surface area (Å²) < 4.78 is 23.9. The number of hydrogen-bond donors (Lipinski definition) is 2. The highest BCUT2D eigenvalue weighted by Gasteiger charge is 2.14. The van der Waals surface area contributed by atoms with E-state index in [0.717, 1.165) is 12.0 Å². The lowest BCUT2D eigenvalue weighted by Gasteiger charge is -2.11. The first kappa shape index (κ1) is 20.9. The molecule has 3 N–H and O–H groups in total. The molecule has 1 aromatic carbocycles. The van der Waals surface area contributed by atoms with Crippen LogP contribution in [-0.2, 0) is 20.4 Å². The first-order chi connectivity index (χ1) is 9.94. The van der Waals surface area contributed by atoms with Gasteiger partial charge in [0.1, 0.15) is 0 Å². The van der Waals surface area contributed by atoms with Crippen molar-refractivity contribution in [1.29, 1.82) is 0 Å². The summed E-state index contributed by atoms with van der Waals surface area (Å²) in [5, 5.41) is 2.68. The number of carbonyl (C=O) groups is 1. The highest BCUT2D eigenvalue weighted by Crippen LogP contribution is 2.06. The van der Waals surface area contributed by atoms with Crippen molar-refractivity contribution in [3.05, 3.63) is 35.9 Å². The number of nitrogens with two attached hydrogens (primary N) is 1. The van der Waals surface area contributed by atoms with E-state index >= 15 is 0 Å². The molecule has 0 spiro atoms. The van der Waals surface area contributed by atoms with Crippen molar-refractivity contribution in [2.24, 2.45) is 5.73 Å². The predicted octanol–water partition coefficient (Wildman–Crippen LogP) is 1.66. The van der Waals surface area contributed by atoms with Gasteiger partial charge in [-0.15, -0.1) is 12.4 Å². The van der Waals surface area contributed by atoms with Gasteiger partial charge in [-0.05, 0) is 18.4 Å². The Kier molecular flexibility index (Phi) is 10.1. The van der Waals surface area contributed by atoms with Gasteiger partial charge >= 0.3 is 0 Å². The summed E-state index contributed by atoms with van der Waals surface area (Å²) in [6.07, 6.45) is 1.89. The molecule has 0 aromatic heterocycles. The molecule has 0 saturated carbocycles. The number of carbonyl (C=O) groups excluding carboxylic acids is 1. The normalized spacial score (nSPS) is 12.3. The van der Waals surface area contributed by atoms with Crippen LogP contribution in [0.4, 0.5) is 0 Å². The predicted molar refractivity (Wildman–Crippen MR) is 91.7 cm³/mol. The Morgan fingerprint density at radius 3 is 2.50 bits per heavy atom. The molecule has 0 radical (unpaired) electrons. The topological polar surface area (TPSA) is 89.3 Å². The Hall–Kier alpha value is -1.11. The molecule has 0 heterocycles. The summed E-state index contributed by atoms with van der Waals surface area (Å²) in [6, 6.07) is 8.58. The molecule has 0 aliphatic heterocycles. The van der Waals surface area contributed by atoms with E-state index in [0.29, 0.717) is 19.4 Å². The molecule has 1 rings (SSSR count). The standard InChI is InChI=1S/C15H24N2O3S.ClH/c1-2-7-14(16)15(18)17-10-6-11-21(19,20)12-13-8-4-3-5-9-13;/h3-5,8-9,14H,2,6-7,10-12,16H2,1H3,(H,17,18);1H. The quantitative estimate of drug-likeness (QED) is 0.664. The Morgan fingerprint density at radius 1 is 1.27 bits per heavy atom. The fourth-order valence-electron chi connectivity index (χ4n) is 1.98. The van der Waals surface area contributed by atoms with Gasteiger partial charge in [0.05, 0.1) is 17.5 Å². The van der Waals surface area contributed by atoms with Crippen LogP contribution >= 0.6 is 12.4 Å². The van der Waals surface area contributed by atoms with Gasteiger partial charge in [0.15, 0.2) is 9.84 Å². The van der Waals surface area contributed by atoms with Crippen molar-refractivity contribution in [3.8, 4) is 0 Å². The number of benzene rings is 1. The Balaban J connectivity index is 0.00000441. The Bertz CT molecular complexity index is 535. The van der Waals surface area contributed by atoms with Crippen molar-refractivity contribution in [1.82, 2.24) is 5.32 Å². The van der Waals surface area contributed by atoms with Crippen molar-refractivity contribution in [3.63, 3.8) is 0 Å². The number of rotatable bonds is 9. The summed E-state index contributed by atoms with van der Waals surface area (Å²) in [5.41, 5.74) is 6.45. The molecule has 0 fully saturated rings. The maximum Gasteiger partial charge on any atom is 0.236 e. The van der Waals surface area contributed by atoms with Gasteiger partial charge in [-0.25, -0.2) is 8.42 Å². The zero-order valence-corrected chi connectivity index (χ0v) is 14.5. The molecule has 0 aliphatic rings. The third-order valence-electron chi connectivity index (χ3n) is 3.10. The van der Waals surface area contributed by atoms with Crippen LogP contribution in [0, 0.1) is 0 Å². The van der Waals surface area contributed by atoms with Crippen LogP contribution in [0.3, 0.4) is 0 Å². The molecule has 1 amide bonds. The molecule has 1 aromatic rings. The molecule has 7 heteroatoms. The summed E-state index contributed by atoms with van der Waals surface area (Å²) >= 11 is 0. The summed E-state index contributed by atoms with van der Waals surface area (Å²) in [6.45, 7) is 2.30. The van der Waals surface area contributed by atoms with Gasteiger partial charge in [-0.3, -0.25) is 4.79 Å². The number of amides is 1. The zero-order valence-electron chi connectivity index (χ0n) is 12.8. The van der Waals surface area contributed by atoms with E-state index in [2.05, 4.69) is 5.32 Å².